The molecular weight excluding hydrogens is 396 g/mol. The third kappa shape index (κ3) is 4.63. The maximum absolute atomic E-state index is 13.2. The van der Waals surface area contributed by atoms with Gasteiger partial charge in [0.15, 0.2) is 0 Å². The van der Waals surface area contributed by atoms with E-state index >= 15 is 0 Å². The van der Waals surface area contributed by atoms with Gasteiger partial charge in [-0.25, -0.2) is 0 Å². The maximum atomic E-state index is 13.2. The smallest absolute Gasteiger partial charge is 0.317 e. The van der Waals surface area contributed by atoms with Crippen LogP contribution in [0.5, 0.6) is 0 Å². The van der Waals surface area contributed by atoms with Gasteiger partial charge >= 0.3 is 12.4 Å². The van der Waals surface area contributed by atoms with E-state index in [1.165, 1.54) is 0 Å². The topological polar surface area (TPSA) is 29.1 Å². The molecule has 1 saturated heterocycles. The highest BCUT2D eigenvalue weighted by Crippen LogP contribution is 2.39. The normalized spacial score (nSPS) is 17.2. The van der Waals surface area contributed by atoms with E-state index < -0.39 is 35.3 Å². The lowest BCUT2D eigenvalue weighted by atomic mass is 9.68. The first-order valence-electron chi connectivity index (χ1n) is 9.10. The van der Waals surface area contributed by atoms with Gasteiger partial charge < -0.3 is 5.32 Å². The van der Waals surface area contributed by atoms with Crippen LogP contribution in [0.2, 0.25) is 0 Å². The highest BCUT2D eigenvalue weighted by atomic mass is 19.4. The Morgan fingerprint density at radius 2 is 1.38 bits per heavy atom. The SMILES string of the molecule is O=C(Cc1cc(C(F)(F)F)cc(C(F)(F)F)c1)C1(c2ccccc2)CCNCC1. The van der Waals surface area contributed by atoms with Gasteiger partial charge in [0.1, 0.15) is 5.78 Å². The Balaban J connectivity index is 2.00. The third-order valence-electron chi connectivity index (χ3n) is 5.33. The Morgan fingerprint density at radius 1 is 0.862 bits per heavy atom. The van der Waals surface area contributed by atoms with Gasteiger partial charge in [0, 0.05) is 6.42 Å². The van der Waals surface area contributed by atoms with Crippen molar-refractivity contribution in [1.82, 2.24) is 5.32 Å². The summed E-state index contributed by atoms with van der Waals surface area (Å²) in [7, 11) is 0. The molecule has 2 aromatic rings. The molecule has 3 rings (SSSR count). The van der Waals surface area contributed by atoms with Gasteiger partial charge in [-0.3, -0.25) is 4.79 Å². The summed E-state index contributed by atoms with van der Waals surface area (Å²) in [6.45, 7) is 1.08. The molecule has 1 N–H and O–H groups in total. The summed E-state index contributed by atoms with van der Waals surface area (Å²) in [5.41, 5.74) is -3.30. The summed E-state index contributed by atoms with van der Waals surface area (Å²) >= 11 is 0. The molecule has 0 aliphatic carbocycles. The van der Waals surface area contributed by atoms with Crippen LogP contribution in [0.15, 0.2) is 48.5 Å². The van der Waals surface area contributed by atoms with Gasteiger partial charge in [0.25, 0.3) is 0 Å². The van der Waals surface area contributed by atoms with Crippen LogP contribution in [0.1, 0.15) is 35.1 Å². The number of ketones is 1. The van der Waals surface area contributed by atoms with Crippen molar-refractivity contribution in [3.05, 3.63) is 70.8 Å². The Morgan fingerprint density at radius 3 is 1.86 bits per heavy atom. The van der Waals surface area contributed by atoms with E-state index in [1.54, 1.807) is 30.3 Å². The zero-order valence-electron chi connectivity index (χ0n) is 15.3. The van der Waals surface area contributed by atoms with Crippen LogP contribution < -0.4 is 5.32 Å². The van der Waals surface area contributed by atoms with E-state index in [2.05, 4.69) is 5.32 Å². The quantitative estimate of drug-likeness (QED) is 0.700. The first kappa shape index (κ1) is 21.4. The van der Waals surface area contributed by atoms with Crippen molar-refractivity contribution in [2.75, 3.05) is 13.1 Å². The summed E-state index contributed by atoms with van der Waals surface area (Å²) in [5.74, 6) is -0.377. The first-order valence-corrected chi connectivity index (χ1v) is 9.10. The van der Waals surface area contributed by atoms with E-state index in [1.807, 2.05) is 0 Å². The first-order chi connectivity index (χ1) is 13.5. The van der Waals surface area contributed by atoms with Gasteiger partial charge in [-0.05, 0) is 55.3 Å². The highest BCUT2D eigenvalue weighted by Gasteiger charge is 2.41. The molecule has 0 bridgehead atoms. The minimum atomic E-state index is -4.94. The molecule has 1 aliphatic heterocycles. The maximum Gasteiger partial charge on any atom is 0.416 e. The molecule has 2 nitrogen and oxygen atoms in total. The van der Waals surface area contributed by atoms with Crippen molar-refractivity contribution in [2.24, 2.45) is 0 Å². The molecule has 1 aliphatic rings. The van der Waals surface area contributed by atoms with E-state index in [0.29, 0.717) is 38.1 Å². The van der Waals surface area contributed by atoms with Crippen LogP contribution in [-0.2, 0) is 29.0 Å². The number of rotatable bonds is 4. The Bertz CT molecular complexity index is 835. The number of alkyl halides is 6. The number of Topliss-reactive ketones (excluding diaryl/α,β-unsaturated/α-hetero) is 1. The zero-order chi connectivity index (χ0) is 21.3. The van der Waals surface area contributed by atoms with Crippen molar-refractivity contribution in [3.8, 4) is 0 Å². The lowest BCUT2D eigenvalue weighted by Gasteiger charge is -2.37. The number of piperidine rings is 1. The number of carbonyl (C=O) groups is 1. The fraction of sp³-hybridized carbons (Fsp3) is 0.381. The molecule has 0 saturated carbocycles. The van der Waals surface area contributed by atoms with E-state index in [0.717, 1.165) is 5.56 Å². The van der Waals surface area contributed by atoms with E-state index in [4.69, 9.17) is 0 Å². The molecule has 0 unspecified atom stereocenters. The Kier molecular flexibility index (Phi) is 5.76. The second-order valence-corrected chi connectivity index (χ2v) is 7.21. The molecule has 2 aromatic carbocycles. The summed E-state index contributed by atoms with van der Waals surface area (Å²) in [5, 5.41) is 3.14. The van der Waals surface area contributed by atoms with Crippen LogP contribution in [0, 0.1) is 0 Å². The van der Waals surface area contributed by atoms with Crippen molar-refractivity contribution < 1.29 is 31.1 Å². The van der Waals surface area contributed by atoms with Gasteiger partial charge in [-0.15, -0.1) is 0 Å². The zero-order valence-corrected chi connectivity index (χ0v) is 15.3. The number of hydrogen-bond donors (Lipinski definition) is 1. The second kappa shape index (κ2) is 7.82. The van der Waals surface area contributed by atoms with Crippen LogP contribution in [-0.4, -0.2) is 18.9 Å². The number of benzene rings is 2. The molecule has 29 heavy (non-hydrogen) atoms. The van der Waals surface area contributed by atoms with Crippen molar-refractivity contribution in [1.29, 1.82) is 0 Å². The predicted molar refractivity (Wildman–Crippen MR) is 95.4 cm³/mol. The number of carbonyl (C=O) groups excluding carboxylic acids is 1. The third-order valence-corrected chi connectivity index (χ3v) is 5.33. The molecule has 156 valence electrons. The van der Waals surface area contributed by atoms with Crippen molar-refractivity contribution in [2.45, 2.75) is 37.0 Å². The molecule has 1 fully saturated rings. The predicted octanol–water partition coefficient (Wildman–Crippen LogP) is 5.16. The molecule has 0 radical (unpaired) electrons. The number of hydrogen-bond acceptors (Lipinski definition) is 2. The molecule has 0 aromatic heterocycles. The molecule has 0 spiro atoms. The molecule has 0 amide bonds. The fourth-order valence-corrected chi connectivity index (χ4v) is 3.82. The lowest BCUT2D eigenvalue weighted by molar-refractivity contribution is -0.143. The average Bonchev–Trinajstić information content (AvgIpc) is 2.67. The van der Waals surface area contributed by atoms with Crippen molar-refractivity contribution >= 4 is 5.78 Å². The van der Waals surface area contributed by atoms with E-state index in [9.17, 15) is 31.1 Å². The summed E-state index contributed by atoms with van der Waals surface area (Å²) < 4.78 is 78.6. The van der Waals surface area contributed by atoms with Gasteiger partial charge in [-0.1, -0.05) is 30.3 Å². The molecular formula is C21H19F6NO. The monoisotopic (exact) mass is 415 g/mol. The van der Waals surface area contributed by atoms with Crippen LogP contribution in [0.3, 0.4) is 0 Å². The van der Waals surface area contributed by atoms with Crippen LogP contribution in [0.4, 0.5) is 26.3 Å². The Labute approximate surface area is 163 Å². The largest absolute Gasteiger partial charge is 0.416 e. The van der Waals surface area contributed by atoms with E-state index in [-0.39, 0.29) is 17.4 Å². The lowest BCUT2D eigenvalue weighted by Crippen LogP contribution is -2.46. The molecule has 0 atom stereocenters. The number of nitrogens with one attached hydrogen (secondary N) is 1. The van der Waals surface area contributed by atoms with Gasteiger partial charge in [0.2, 0.25) is 0 Å². The summed E-state index contributed by atoms with van der Waals surface area (Å²) in [6, 6.07) is 10.2. The second-order valence-electron chi connectivity index (χ2n) is 7.21. The minimum absolute atomic E-state index is 0.0749. The van der Waals surface area contributed by atoms with Crippen LogP contribution in [0.25, 0.3) is 0 Å². The fourth-order valence-electron chi connectivity index (χ4n) is 3.82. The standard InChI is InChI=1S/C21H19F6NO/c22-20(23,24)16-10-14(11-17(13-16)21(25,26)27)12-18(29)19(6-8-28-9-7-19)15-4-2-1-3-5-15/h1-5,10-11,13,28H,6-9,12H2. The highest BCUT2D eigenvalue weighted by molar-refractivity contribution is 5.92. The molecule has 1 heterocycles. The average molecular weight is 415 g/mol. The van der Waals surface area contributed by atoms with Crippen molar-refractivity contribution in [3.63, 3.8) is 0 Å². The van der Waals surface area contributed by atoms with Gasteiger partial charge in [0.05, 0.1) is 16.5 Å². The van der Waals surface area contributed by atoms with Crippen LogP contribution >= 0.6 is 0 Å². The number of halogens is 6. The van der Waals surface area contributed by atoms with Gasteiger partial charge in [-0.2, -0.15) is 26.3 Å². The summed E-state index contributed by atoms with van der Waals surface area (Å²) in [6.07, 6.45) is -9.51. The molecule has 8 heteroatoms. The summed E-state index contributed by atoms with van der Waals surface area (Å²) in [4.78, 5) is 13.2. The minimum Gasteiger partial charge on any atom is -0.317 e. The Hall–Kier alpha value is -2.35.